The van der Waals surface area contributed by atoms with E-state index in [0.717, 1.165) is 24.2 Å². The number of carbonyl (C=O) groups excluding carboxylic acids is 1. The van der Waals surface area contributed by atoms with Crippen LogP contribution in [0.25, 0.3) is 0 Å². The van der Waals surface area contributed by atoms with Gasteiger partial charge in [-0.1, -0.05) is 17.7 Å². The van der Waals surface area contributed by atoms with Crippen LogP contribution in [-0.4, -0.2) is 11.6 Å². The lowest BCUT2D eigenvalue weighted by Crippen LogP contribution is -2.32. The predicted molar refractivity (Wildman–Crippen MR) is 85.9 cm³/mol. The van der Waals surface area contributed by atoms with Crippen LogP contribution in [0.5, 0.6) is 11.5 Å². The summed E-state index contributed by atoms with van der Waals surface area (Å²) in [5.41, 5.74) is 1.35. The van der Waals surface area contributed by atoms with Crippen molar-refractivity contribution < 1.29 is 14.3 Å². The van der Waals surface area contributed by atoms with Gasteiger partial charge < -0.3 is 9.47 Å². The summed E-state index contributed by atoms with van der Waals surface area (Å²) in [6.45, 7) is 4.14. The first kappa shape index (κ1) is 14.9. The number of carbonyl (C=O) groups is 1. The molecule has 0 fully saturated rings. The molecule has 0 saturated carbocycles. The highest BCUT2D eigenvalue weighted by Crippen LogP contribution is 2.35. The summed E-state index contributed by atoms with van der Waals surface area (Å²) < 4.78 is 11.3. The number of aryl methyl sites for hydroxylation is 1. The van der Waals surface area contributed by atoms with Crippen molar-refractivity contribution in [1.29, 1.82) is 0 Å². The number of rotatable bonds is 2. The van der Waals surface area contributed by atoms with E-state index in [-0.39, 0.29) is 5.60 Å². The molecule has 0 aliphatic carbocycles. The largest absolute Gasteiger partial charge is 0.488 e. The molecule has 2 aromatic rings. The third kappa shape index (κ3) is 3.25. The number of hydrogen-bond donors (Lipinski definition) is 0. The fraction of sp³-hybridized carbons (Fsp3) is 0.278. The molecule has 0 bridgehead atoms. The van der Waals surface area contributed by atoms with Crippen LogP contribution < -0.4 is 9.47 Å². The van der Waals surface area contributed by atoms with E-state index < -0.39 is 5.97 Å². The monoisotopic (exact) mass is 316 g/mol. The molecule has 1 aliphatic rings. The normalized spacial score (nSPS) is 15.6. The van der Waals surface area contributed by atoms with Gasteiger partial charge in [0, 0.05) is 5.02 Å². The molecule has 114 valence electrons. The van der Waals surface area contributed by atoms with Gasteiger partial charge in [-0.3, -0.25) is 0 Å². The molecule has 0 saturated heterocycles. The Kier molecular flexibility index (Phi) is 3.83. The predicted octanol–water partition coefficient (Wildman–Crippen LogP) is 4.66. The van der Waals surface area contributed by atoms with Crippen molar-refractivity contribution in [3.8, 4) is 11.5 Å². The van der Waals surface area contributed by atoms with Gasteiger partial charge in [0.25, 0.3) is 0 Å². The molecule has 1 heterocycles. The molecule has 2 aromatic carbocycles. The second-order valence-corrected chi connectivity index (χ2v) is 6.47. The van der Waals surface area contributed by atoms with E-state index in [9.17, 15) is 4.79 Å². The van der Waals surface area contributed by atoms with Crippen molar-refractivity contribution in [3.63, 3.8) is 0 Å². The molecule has 3 nitrogen and oxygen atoms in total. The minimum absolute atomic E-state index is 0.147. The lowest BCUT2D eigenvalue weighted by molar-refractivity contribution is 0.0727. The van der Waals surface area contributed by atoms with Gasteiger partial charge in [0.15, 0.2) is 0 Å². The van der Waals surface area contributed by atoms with E-state index >= 15 is 0 Å². The average molecular weight is 317 g/mol. The summed E-state index contributed by atoms with van der Waals surface area (Å²) in [6.07, 6.45) is 1.84. The van der Waals surface area contributed by atoms with Gasteiger partial charge in [-0.2, -0.15) is 0 Å². The van der Waals surface area contributed by atoms with Crippen molar-refractivity contribution in [3.05, 3.63) is 58.6 Å². The molecule has 0 radical (unpaired) electrons. The van der Waals surface area contributed by atoms with Crippen molar-refractivity contribution in [2.45, 2.75) is 32.3 Å². The number of hydrogen-bond acceptors (Lipinski definition) is 3. The van der Waals surface area contributed by atoms with Gasteiger partial charge in [0.1, 0.15) is 17.1 Å². The first-order valence-corrected chi connectivity index (χ1v) is 7.60. The van der Waals surface area contributed by atoms with Gasteiger partial charge in [-0.15, -0.1) is 0 Å². The second-order valence-electron chi connectivity index (χ2n) is 6.03. The number of esters is 1. The van der Waals surface area contributed by atoms with E-state index in [0.29, 0.717) is 16.3 Å². The topological polar surface area (TPSA) is 35.5 Å². The fourth-order valence-electron chi connectivity index (χ4n) is 2.48. The standard InChI is InChI=1S/C18H17ClO3/c1-18(2)9-8-12-11-15(6-7-16(12)22-18)21-17(20)13-4-3-5-14(19)10-13/h3-7,10-11H,8-9H2,1-2H3. The average Bonchev–Trinajstić information content (AvgIpc) is 2.47. The summed E-state index contributed by atoms with van der Waals surface area (Å²) in [5.74, 6) is 0.963. The van der Waals surface area contributed by atoms with Crippen LogP contribution in [0.4, 0.5) is 0 Å². The van der Waals surface area contributed by atoms with Crippen LogP contribution in [0.2, 0.25) is 5.02 Å². The van der Waals surface area contributed by atoms with Gasteiger partial charge in [0.05, 0.1) is 5.56 Å². The first-order chi connectivity index (χ1) is 10.4. The van der Waals surface area contributed by atoms with Crippen LogP contribution in [0.15, 0.2) is 42.5 Å². The Hall–Kier alpha value is -2.00. The van der Waals surface area contributed by atoms with E-state index in [2.05, 4.69) is 13.8 Å². The Morgan fingerprint density at radius 3 is 2.82 bits per heavy atom. The maximum Gasteiger partial charge on any atom is 0.343 e. The fourth-order valence-corrected chi connectivity index (χ4v) is 2.67. The molecule has 0 amide bonds. The minimum atomic E-state index is -0.417. The Morgan fingerprint density at radius 2 is 2.05 bits per heavy atom. The SMILES string of the molecule is CC1(C)CCc2cc(OC(=O)c3cccc(Cl)c3)ccc2O1. The van der Waals surface area contributed by atoms with E-state index in [1.807, 2.05) is 12.1 Å². The quantitative estimate of drug-likeness (QED) is 0.597. The molecule has 22 heavy (non-hydrogen) atoms. The van der Waals surface area contributed by atoms with Gasteiger partial charge in [-0.05, 0) is 68.7 Å². The molecule has 3 rings (SSSR count). The highest BCUT2D eigenvalue weighted by molar-refractivity contribution is 6.30. The zero-order chi connectivity index (χ0) is 15.7. The Labute approximate surface area is 134 Å². The summed E-state index contributed by atoms with van der Waals surface area (Å²) in [6, 6.07) is 12.2. The zero-order valence-corrected chi connectivity index (χ0v) is 13.3. The van der Waals surface area contributed by atoms with Gasteiger partial charge in [0.2, 0.25) is 0 Å². The molecule has 0 aromatic heterocycles. The zero-order valence-electron chi connectivity index (χ0n) is 12.6. The molecular weight excluding hydrogens is 300 g/mol. The van der Waals surface area contributed by atoms with Crippen molar-refractivity contribution in [1.82, 2.24) is 0 Å². The van der Waals surface area contributed by atoms with Crippen molar-refractivity contribution >= 4 is 17.6 Å². The second kappa shape index (κ2) is 5.65. The van der Waals surface area contributed by atoms with Crippen LogP contribution in [0.3, 0.4) is 0 Å². The highest BCUT2D eigenvalue weighted by Gasteiger charge is 2.26. The van der Waals surface area contributed by atoms with E-state index in [1.54, 1.807) is 30.3 Å². The third-order valence-corrected chi connectivity index (χ3v) is 3.92. The van der Waals surface area contributed by atoms with E-state index in [1.165, 1.54) is 0 Å². The van der Waals surface area contributed by atoms with Gasteiger partial charge in [-0.25, -0.2) is 4.79 Å². The summed E-state index contributed by atoms with van der Waals surface area (Å²) in [7, 11) is 0. The number of halogens is 1. The number of ether oxygens (including phenoxy) is 2. The maximum atomic E-state index is 12.1. The van der Waals surface area contributed by atoms with Crippen LogP contribution in [0.1, 0.15) is 36.2 Å². The van der Waals surface area contributed by atoms with Crippen LogP contribution >= 0.6 is 11.6 Å². The lowest BCUT2D eigenvalue weighted by Gasteiger charge is -2.32. The molecule has 0 atom stereocenters. The highest BCUT2D eigenvalue weighted by atomic mass is 35.5. The molecule has 0 unspecified atom stereocenters. The van der Waals surface area contributed by atoms with Crippen LogP contribution in [0, 0.1) is 0 Å². The third-order valence-electron chi connectivity index (χ3n) is 3.69. The Morgan fingerprint density at radius 1 is 1.23 bits per heavy atom. The molecule has 0 spiro atoms. The smallest absolute Gasteiger partial charge is 0.343 e. The van der Waals surface area contributed by atoms with E-state index in [4.69, 9.17) is 21.1 Å². The lowest BCUT2D eigenvalue weighted by atomic mass is 9.94. The van der Waals surface area contributed by atoms with Crippen molar-refractivity contribution in [2.75, 3.05) is 0 Å². The van der Waals surface area contributed by atoms with Crippen molar-refractivity contribution in [2.24, 2.45) is 0 Å². The Balaban J connectivity index is 1.78. The maximum absolute atomic E-state index is 12.1. The molecule has 1 aliphatic heterocycles. The number of fused-ring (bicyclic) bond motifs is 1. The molecule has 0 N–H and O–H groups in total. The summed E-state index contributed by atoms with van der Waals surface area (Å²) >= 11 is 5.89. The summed E-state index contributed by atoms with van der Waals surface area (Å²) in [4.78, 5) is 12.1. The molecule has 4 heteroatoms. The molecular formula is C18H17ClO3. The number of benzene rings is 2. The minimum Gasteiger partial charge on any atom is -0.488 e. The summed E-state index contributed by atoms with van der Waals surface area (Å²) in [5, 5.41) is 0.510. The van der Waals surface area contributed by atoms with Crippen LogP contribution in [-0.2, 0) is 6.42 Å². The first-order valence-electron chi connectivity index (χ1n) is 7.23. The Bertz CT molecular complexity index is 722. The van der Waals surface area contributed by atoms with Gasteiger partial charge >= 0.3 is 5.97 Å².